The summed E-state index contributed by atoms with van der Waals surface area (Å²) in [7, 11) is 3.24. The van der Waals surface area contributed by atoms with Crippen molar-refractivity contribution in [3.05, 3.63) is 167 Å². The van der Waals surface area contributed by atoms with E-state index in [-0.39, 0.29) is 111 Å². The van der Waals surface area contributed by atoms with Crippen molar-refractivity contribution in [1.29, 1.82) is 0 Å². The Morgan fingerprint density at radius 1 is 0.450 bits per heavy atom. The van der Waals surface area contributed by atoms with Gasteiger partial charge in [0.2, 0.25) is 5.91 Å². The summed E-state index contributed by atoms with van der Waals surface area (Å²) in [5.41, 5.74) is 2.27. The predicted molar refractivity (Wildman–Crippen MR) is 418 cm³/mol. The fraction of sp³-hybridized carbons (Fsp3) is 0.589. The number of ether oxygens (including phenoxy) is 13. The van der Waals surface area contributed by atoms with Crippen molar-refractivity contribution in [2.75, 3.05) is 47.2 Å². The normalized spacial score (nSPS) is 26.0. The molecular formula is C90H121NO20. The Hall–Kier alpha value is -7.89. The van der Waals surface area contributed by atoms with Gasteiger partial charge in [-0.05, 0) is 135 Å². The Morgan fingerprint density at radius 2 is 0.910 bits per heavy atom. The number of Topliss-reactive ketones (excluding diaryl/α,β-unsaturated/α-hetero) is 2. The molecule has 0 radical (unpaired) electrons. The van der Waals surface area contributed by atoms with E-state index in [4.69, 9.17) is 61.6 Å². The van der Waals surface area contributed by atoms with Crippen LogP contribution in [0.1, 0.15) is 222 Å². The summed E-state index contributed by atoms with van der Waals surface area (Å²) in [5, 5.41) is 0. The van der Waals surface area contributed by atoms with Crippen molar-refractivity contribution in [2.24, 2.45) is 35.5 Å². The molecule has 4 fully saturated rings. The van der Waals surface area contributed by atoms with E-state index >= 15 is 0 Å². The highest BCUT2D eigenvalue weighted by molar-refractivity contribution is 5.90. The number of amides is 1. The van der Waals surface area contributed by atoms with Gasteiger partial charge in [0, 0.05) is 63.4 Å². The van der Waals surface area contributed by atoms with Crippen LogP contribution in [0.3, 0.4) is 0 Å². The van der Waals surface area contributed by atoms with Crippen LogP contribution < -0.4 is 9.47 Å². The van der Waals surface area contributed by atoms with Crippen LogP contribution in [0.25, 0.3) is 0 Å². The van der Waals surface area contributed by atoms with Gasteiger partial charge in [-0.25, -0.2) is 9.59 Å². The van der Waals surface area contributed by atoms with Crippen molar-refractivity contribution in [3.63, 3.8) is 0 Å². The number of likely N-dealkylation sites (tertiary alicyclic amines) is 1. The lowest BCUT2D eigenvalue weighted by Crippen LogP contribution is -2.56. The van der Waals surface area contributed by atoms with E-state index in [1.807, 2.05) is 97.9 Å². The summed E-state index contributed by atoms with van der Waals surface area (Å²) in [5.74, 6) is -1.19. The third-order valence-electron chi connectivity index (χ3n) is 23.1. The number of unbranched alkanes of at least 4 members (excludes halogenated alkanes) is 8. The van der Waals surface area contributed by atoms with Crippen LogP contribution >= 0.6 is 0 Å². The Balaban J connectivity index is 0.757. The van der Waals surface area contributed by atoms with Gasteiger partial charge < -0.3 is 71.3 Å². The Bertz CT molecular complexity index is 3630. The van der Waals surface area contributed by atoms with E-state index in [2.05, 4.69) is 41.5 Å². The molecule has 0 spiro atoms. The minimum absolute atomic E-state index is 0.0365. The Labute approximate surface area is 657 Å². The molecule has 4 heterocycles. The maximum Gasteiger partial charge on any atom is 0.338 e. The zero-order chi connectivity index (χ0) is 79.4. The number of rotatable bonds is 43. The van der Waals surface area contributed by atoms with Gasteiger partial charge in [-0.15, -0.1) is 0 Å². The van der Waals surface area contributed by atoms with Gasteiger partial charge in [0.25, 0.3) is 0 Å². The average Bonchev–Trinajstić information content (AvgIpc) is 1.29. The van der Waals surface area contributed by atoms with Crippen LogP contribution in [0, 0.1) is 35.5 Å². The maximum atomic E-state index is 14.3. The molecule has 0 aromatic heterocycles. The second kappa shape index (κ2) is 44.0. The summed E-state index contributed by atoms with van der Waals surface area (Å²) >= 11 is 0. The first-order valence-corrected chi connectivity index (χ1v) is 40.7. The van der Waals surface area contributed by atoms with Gasteiger partial charge >= 0.3 is 23.9 Å². The molecule has 0 saturated carbocycles. The predicted octanol–water partition coefficient (Wildman–Crippen LogP) is 16.1. The highest BCUT2D eigenvalue weighted by atomic mass is 16.7. The first-order valence-electron chi connectivity index (χ1n) is 40.7. The lowest BCUT2D eigenvalue weighted by molar-refractivity contribution is -0.311. The van der Waals surface area contributed by atoms with Crippen molar-refractivity contribution in [3.8, 4) is 11.5 Å². The van der Waals surface area contributed by atoms with Gasteiger partial charge in [-0.2, -0.15) is 0 Å². The van der Waals surface area contributed by atoms with Crippen LogP contribution in [-0.2, 0) is 81.7 Å². The fourth-order valence-electron chi connectivity index (χ4n) is 16.1. The third-order valence-corrected chi connectivity index (χ3v) is 23.1. The number of esters is 4. The first-order chi connectivity index (χ1) is 53.7. The molecule has 5 aromatic rings. The van der Waals surface area contributed by atoms with Crippen LogP contribution in [0.2, 0.25) is 0 Å². The van der Waals surface area contributed by atoms with Crippen LogP contribution in [-0.4, -0.2) is 161 Å². The summed E-state index contributed by atoms with van der Waals surface area (Å²) in [4.78, 5) is 94.5. The van der Waals surface area contributed by atoms with Crippen molar-refractivity contribution < 1.29 is 95.1 Å². The second-order valence-corrected chi connectivity index (χ2v) is 30.7. The highest BCUT2D eigenvalue weighted by Gasteiger charge is 2.51. The van der Waals surface area contributed by atoms with E-state index in [9.17, 15) is 33.6 Å². The smallest absolute Gasteiger partial charge is 0.338 e. The minimum Gasteiger partial charge on any atom is -0.497 e. The van der Waals surface area contributed by atoms with E-state index in [0.717, 1.165) is 80.9 Å². The second-order valence-electron chi connectivity index (χ2n) is 30.7. The Morgan fingerprint density at radius 3 is 1.41 bits per heavy atom. The first kappa shape index (κ1) is 87.1. The van der Waals surface area contributed by atoms with Crippen LogP contribution in [0.5, 0.6) is 11.5 Å². The lowest BCUT2D eigenvalue weighted by Gasteiger charge is -2.47. The standard InChI is InChI=1S/C90H121NO20/c1-12-77-60(4)62(6)82(110-85(97)66-33-23-20-24-34-66)87(107-77)102-54-52-76-64(8)79(58-103-88-83(63(7)61(5)78(13-2)108-88)111-86(98)67-35-25-21-26-36-67)109-89(84(76)105-65(9)93)101-53-32-19-15-14-16-29-39-72(94)40-30-17-18-31-41-80(95)91-56-75(106-81(96)51-42-59(3)92)55-71(91)57-104-90(68-37-27-22-28-38-68,69-43-47-73(99-10)48-44-69)70-45-49-74(100-11)50-46-70/h20-28,33-38,43-50,60-64,71,75-79,82-84,87-89H,12-19,29-32,39-42,51-58H2,1-11H3/t60?,61?,62?,63?,64?,71-,75+,76?,77?,78?,79?,82?,83?,84?,87?,88?,89?/m0/s1. The van der Waals surface area contributed by atoms with Crippen molar-refractivity contribution in [1.82, 2.24) is 4.90 Å². The van der Waals surface area contributed by atoms with Gasteiger partial charge in [0.05, 0.1) is 82.5 Å². The molecule has 4 aliphatic heterocycles. The number of hydrogen-bond donors (Lipinski definition) is 0. The molecule has 15 unspecified atom stereocenters. The number of methoxy groups -OCH3 is 2. The molecule has 0 bridgehead atoms. The molecule has 4 aliphatic rings. The number of carbonyl (C=O) groups excluding carboxylic acids is 7. The minimum atomic E-state index is -1.14. The van der Waals surface area contributed by atoms with Crippen molar-refractivity contribution in [2.45, 2.75) is 258 Å². The molecule has 0 N–H and O–H groups in total. The number of ketones is 2. The number of benzene rings is 5. The molecule has 606 valence electrons. The van der Waals surface area contributed by atoms with Gasteiger partial charge in [0.1, 0.15) is 34.8 Å². The molecule has 5 aromatic carbocycles. The number of nitrogens with zero attached hydrogens (tertiary/aromatic N) is 1. The van der Waals surface area contributed by atoms with Crippen molar-refractivity contribution >= 4 is 41.4 Å². The lowest BCUT2D eigenvalue weighted by atomic mass is 9.80. The quantitative estimate of drug-likeness (QED) is 0.0152. The summed E-state index contributed by atoms with van der Waals surface area (Å²) in [6.07, 6.45) is 5.10. The van der Waals surface area contributed by atoms with Gasteiger partial charge in [0.15, 0.2) is 37.2 Å². The molecule has 111 heavy (non-hydrogen) atoms. The molecule has 17 atom stereocenters. The largest absolute Gasteiger partial charge is 0.497 e. The Kier molecular flexibility index (Phi) is 34.5. The zero-order valence-electron chi connectivity index (χ0n) is 67.2. The maximum absolute atomic E-state index is 14.3. The molecule has 21 heteroatoms. The summed E-state index contributed by atoms with van der Waals surface area (Å²) in [6.45, 7) is 18.2. The van der Waals surface area contributed by atoms with Crippen LogP contribution in [0.4, 0.5) is 0 Å². The van der Waals surface area contributed by atoms with Gasteiger partial charge in [-0.3, -0.25) is 19.2 Å². The van der Waals surface area contributed by atoms with E-state index in [1.54, 1.807) is 67.7 Å². The average molecular weight is 1540 g/mol. The molecule has 0 aliphatic carbocycles. The monoisotopic (exact) mass is 1540 g/mol. The molecular weight excluding hydrogens is 1410 g/mol. The SMILES string of the molecule is CCC1OC(OCCC2C(C)C(COC3OC(CC)C(C)C(C)C3OC(=O)c3ccccc3)OC(OCCCCCCCCC(=O)CCCCCCC(=O)N3C[C@H](OC(=O)CCC(C)=O)C[C@H]3COC(c3ccccc3)(c3ccc(OC)cc3)c3ccc(OC)cc3)C2OC(C)=O)C(OC(=O)c2ccccc2)C(C)C1C. The summed E-state index contributed by atoms with van der Waals surface area (Å²) in [6, 6.07) is 42.7. The molecule has 9 rings (SSSR count). The van der Waals surface area contributed by atoms with E-state index < -0.39 is 84.9 Å². The highest BCUT2D eigenvalue weighted by Crippen LogP contribution is 2.45. The summed E-state index contributed by atoms with van der Waals surface area (Å²) < 4.78 is 82.9. The topological polar surface area (TPSA) is 243 Å². The molecule has 1 amide bonds. The number of carbonyl (C=O) groups is 7. The van der Waals surface area contributed by atoms with Gasteiger partial charge in [-0.1, -0.05) is 178 Å². The number of hydrogen-bond acceptors (Lipinski definition) is 20. The fourth-order valence-corrected chi connectivity index (χ4v) is 16.1. The van der Waals surface area contributed by atoms with E-state index in [1.165, 1.54) is 13.8 Å². The van der Waals surface area contributed by atoms with Crippen LogP contribution in [0.15, 0.2) is 140 Å². The van der Waals surface area contributed by atoms with E-state index in [0.29, 0.717) is 67.8 Å². The molecule has 4 saturated heterocycles. The third kappa shape index (κ3) is 24.3. The molecule has 21 nitrogen and oxygen atoms in total. The zero-order valence-corrected chi connectivity index (χ0v) is 67.2.